The van der Waals surface area contributed by atoms with Crippen LogP contribution >= 0.6 is 0 Å². The van der Waals surface area contributed by atoms with Gasteiger partial charge in [-0.3, -0.25) is 0 Å². The maximum absolute atomic E-state index is 6.07. The van der Waals surface area contributed by atoms with E-state index in [1.807, 2.05) is 12.1 Å². The van der Waals surface area contributed by atoms with Gasteiger partial charge in [0.2, 0.25) is 0 Å². The van der Waals surface area contributed by atoms with Crippen molar-refractivity contribution < 1.29 is 9.47 Å². The van der Waals surface area contributed by atoms with Gasteiger partial charge in [0.1, 0.15) is 5.75 Å². The molecule has 3 nitrogen and oxygen atoms in total. The number of hydrogen-bond donors (Lipinski definition) is 1. The Bertz CT molecular complexity index is 680. The molecule has 3 unspecified atom stereocenters. The summed E-state index contributed by atoms with van der Waals surface area (Å²) >= 11 is 0. The van der Waals surface area contributed by atoms with Crippen molar-refractivity contribution in [3.8, 4) is 5.75 Å². The molecule has 2 aliphatic heterocycles. The van der Waals surface area contributed by atoms with Crippen LogP contribution in [0.1, 0.15) is 35.3 Å². The van der Waals surface area contributed by atoms with Crippen LogP contribution in [-0.4, -0.2) is 13.7 Å². The van der Waals surface area contributed by atoms with Gasteiger partial charge in [0.05, 0.1) is 19.3 Å². The van der Waals surface area contributed by atoms with Crippen LogP contribution < -0.4 is 10.1 Å². The van der Waals surface area contributed by atoms with Crippen molar-refractivity contribution in [3.63, 3.8) is 0 Å². The summed E-state index contributed by atoms with van der Waals surface area (Å²) in [5.41, 5.74) is 5.10. The third kappa shape index (κ3) is 2.17. The number of aryl methyl sites for hydroxylation is 1. The molecule has 0 amide bonds. The summed E-state index contributed by atoms with van der Waals surface area (Å²) < 4.78 is 11.3. The molecule has 2 aromatic carbocycles. The van der Waals surface area contributed by atoms with Gasteiger partial charge < -0.3 is 14.8 Å². The SMILES string of the molecule is COc1ccc(C2Nc3ccc(C)cc3C3OCCC23)cc1. The van der Waals surface area contributed by atoms with Crippen LogP contribution in [0, 0.1) is 12.8 Å². The molecule has 114 valence electrons. The summed E-state index contributed by atoms with van der Waals surface area (Å²) in [5, 5.41) is 3.73. The lowest BCUT2D eigenvalue weighted by molar-refractivity contribution is 0.0829. The van der Waals surface area contributed by atoms with E-state index < -0.39 is 0 Å². The highest BCUT2D eigenvalue weighted by Gasteiger charge is 2.41. The van der Waals surface area contributed by atoms with Crippen LogP contribution in [0.3, 0.4) is 0 Å². The van der Waals surface area contributed by atoms with E-state index in [4.69, 9.17) is 9.47 Å². The van der Waals surface area contributed by atoms with Crippen molar-refractivity contribution in [1.82, 2.24) is 0 Å². The molecule has 1 N–H and O–H groups in total. The van der Waals surface area contributed by atoms with Crippen molar-refractivity contribution >= 4 is 5.69 Å². The minimum atomic E-state index is 0.211. The highest BCUT2D eigenvalue weighted by Crippen LogP contribution is 2.50. The topological polar surface area (TPSA) is 30.5 Å². The van der Waals surface area contributed by atoms with Gasteiger partial charge in [-0.2, -0.15) is 0 Å². The monoisotopic (exact) mass is 295 g/mol. The van der Waals surface area contributed by atoms with Gasteiger partial charge in [0.25, 0.3) is 0 Å². The zero-order valence-corrected chi connectivity index (χ0v) is 13.0. The van der Waals surface area contributed by atoms with Crippen LogP contribution in [-0.2, 0) is 4.74 Å². The van der Waals surface area contributed by atoms with Gasteiger partial charge in [0.15, 0.2) is 0 Å². The fraction of sp³-hybridized carbons (Fsp3) is 0.368. The summed E-state index contributed by atoms with van der Waals surface area (Å²) in [4.78, 5) is 0. The Hall–Kier alpha value is -2.00. The second kappa shape index (κ2) is 5.33. The predicted molar refractivity (Wildman–Crippen MR) is 87.3 cm³/mol. The molecule has 3 atom stereocenters. The molecule has 1 fully saturated rings. The van der Waals surface area contributed by atoms with E-state index in [0.29, 0.717) is 12.0 Å². The first-order valence-electron chi connectivity index (χ1n) is 7.89. The van der Waals surface area contributed by atoms with Crippen molar-refractivity contribution in [2.24, 2.45) is 5.92 Å². The summed E-state index contributed by atoms with van der Waals surface area (Å²) in [7, 11) is 1.70. The lowest BCUT2D eigenvalue weighted by atomic mass is 9.80. The number of rotatable bonds is 2. The van der Waals surface area contributed by atoms with Crippen molar-refractivity contribution in [2.45, 2.75) is 25.5 Å². The van der Waals surface area contributed by atoms with Gasteiger partial charge in [-0.25, -0.2) is 0 Å². The van der Waals surface area contributed by atoms with Crippen LogP contribution in [0.2, 0.25) is 0 Å². The Morgan fingerprint density at radius 2 is 1.95 bits per heavy atom. The maximum atomic E-state index is 6.07. The zero-order chi connectivity index (χ0) is 15.1. The number of methoxy groups -OCH3 is 1. The Morgan fingerprint density at radius 3 is 2.73 bits per heavy atom. The first-order chi connectivity index (χ1) is 10.8. The molecule has 4 rings (SSSR count). The first-order valence-corrected chi connectivity index (χ1v) is 7.89. The van der Waals surface area contributed by atoms with E-state index in [2.05, 4.69) is 42.6 Å². The second-order valence-corrected chi connectivity index (χ2v) is 6.23. The maximum Gasteiger partial charge on any atom is 0.118 e. The summed E-state index contributed by atoms with van der Waals surface area (Å²) in [6.07, 6.45) is 1.31. The fourth-order valence-corrected chi connectivity index (χ4v) is 3.73. The van der Waals surface area contributed by atoms with Gasteiger partial charge in [-0.15, -0.1) is 0 Å². The molecule has 3 heteroatoms. The van der Waals surface area contributed by atoms with Gasteiger partial charge in [-0.05, 0) is 37.1 Å². The van der Waals surface area contributed by atoms with E-state index in [-0.39, 0.29) is 6.10 Å². The van der Waals surface area contributed by atoms with Crippen LogP contribution in [0.15, 0.2) is 42.5 Å². The molecule has 0 radical (unpaired) electrons. The van der Waals surface area contributed by atoms with Crippen LogP contribution in [0.5, 0.6) is 5.75 Å². The molecule has 0 bridgehead atoms. The van der Waals surface area contributed by atoms with Gasteiger partial charge in [0, 0.05) is 23.8 Å². The first kappa shape index (κ1) is 13.6. The minimum Gasteiger partial charge on any atom is -0.497 e. The second-order valence-electron chi connectivity index (χ2n) is 6.23. The number of anilines is 1. The highest BCUT2D eigenvalue weighted by molar-refractivity contribution is 5.58. The van der Waals surface area contributed by atoms with E-state index in [0.717, 1.165) is 18.8 Å². The predicted octanol–water partition coefficient (Wildman–Crippen LogP) is 4.25. The van der Waals surface area contributed by atoms with Crippen molar-refractivity contribution in [3.05, 3.63) is 59.2 Å². The quantitative estimate of drug-likeness (QED) is 0.898. The average Bonchev–Trinajstić information content (AvgIpc) is 3.04. The summed E-state index contributed by atoms with van der Waals surface area (Å²) in [5.74, 6) is 1.39. The van der Waals surface area contributed by atoms with Crippen molar-refractivity contribution in [1.29, 1.82) is 0 Å². The Labute approximate surface area is 131 Å². The molecule has 2 aromatic rings. The third-order valence-electron chi connectivity index (χ3n) is 4.87. The number of benzene rings is 2. The summed E-state index contributed by atoms with van der Waals surface area (Å²) in [6.45, 7) is 2.98. The normalized spacial score (nSPS) is 26.0. The Morgan fingerprint density at radius 1 is 1.14 bits per heavy atom. The summed E-state index contributed by atoms with van der Waals surface area (Å²) in [6, 6.07) is 15.3. The molecular formula is C19H21NO2. The number of fused-ring (bicyclic) bond motifs is 3. The molecule has 1 saturated heterocycles. The van der Waals surface area contributed by atoms with Crippen molar-refractivity contribution in [2.75, 3.05) is 19.0 Å². The van der Waals surface area contributed by atoms with E-state index in [1.165, 1.54) is 22.4 Å². The molecule has 22 heavy (non-hydrogen) atoms. The smallest absolute Gasteiger partial charge is 0.118 e. The van der Waals surface area contributed by atoms with Gasteiger partial charge >= 0.3 is 0 Å². The largest absolute Gasteiger partial charge is 0.497 e. The average molecular weight is 295 g/mol. The molecule has 2 aliphatic rings. The number of nitrogens with one attached hydrogen (secondary N) is 1. The molecular weight excluding hydrogens is 274 g/mol. The molecule has 2 heterocycles. The van der Waals surface area contributed by atoms with E-state index >= 15 is 0 Å². The zero-order valence-electron chi connectivity index (χ0n) is 13.0. The van der Waals surface area contributed by atoms with E-state index in [1.54, 1.807) is 7.11 Å². The standard InChI is InChI=1S/C19H21NO2/c1-12-3-8-17-16(11-12)19-15(9-10-22-19)18(20-17)13-4-6-14(21-2)7-5-13/h3-8,11,15,18-20H,9-10H2,1-2H3. The highest BCUT2D eigenvalue weighted by atomic mass is 16.5. The molecule has 0 spiro atoms. The fourth-order valence-electron chi connectivity index (χ4n) is 3.73. The molecule has 0 aromatic heterocycles. The number of ether oxygens (including phenoxy) is 2. The lowest BCUT2D eigenvalue weighted by Crippen LogP contribution is -2.29. The molecule has 0 saturated carbocycles. The van der Waals surface area contributed by atoms with Crippen LogP contribution in [0.4, 0.5) is 5.69 Å². The lowest BCUT2D eigenvalue weighted by Gasteiger charge is -2.36. The minimum absolute atomic E-state index is 0.211. The third-order valence-corrected chi connectivity index (χ3v) is 4.87. The van der Waals surface area contributed by atoms with Gasteiger partial charge in [-0.1, -0.05) is 29.8 Å². The van der Waals surface area contributed by atoms with Crippen LogP contribution in [0.25, 0.3) is 0 Å². The Kier molecular flexibility index (Phi) is 3.30. The van der Waals surface area contributed by atoms with E-state index in [9.17, 15) is 0 Å². The molecule has 0 aliphatic carbocycles. The Balaban J connectivity index is 1.73. The number of hydrogen-bond acceptors (Lipinski definition) is 3.